The number of unbranched alkanes of at least 4 members (excludes halogenated alkanes) is 27. The predicted octanol–water partition coefficient (Wildman–Crippen LogP) is 17.6. The molecule has 0 amide bonds. The molecule has 1 atom stereocenters. The Hall–Kier alpha value is -2.89. The van der Waals surface area contributed by atoms with E-state index < -0.39 is 6.10 Å². The predicted molar refractivity (Wildman–Crippen MR) is 270 cm³/mol. The summed E-state index contributed by atoms with van der Waals surface area (Å²) in [6, 6.07) is 0. The van der Waals surface area contributed by atoms with E-state index in [0.29, 0.717) is 19.3 Å². The quantitative estimate of drug-likeness (QED) is 0.0262. The molecule has 364 valence electrons. The average molecular weight is 881 g/mol. The van der Waals surface area contributed by atoms with Gasteiger partial charge in [0.25, 0.3) is 0 Å². The van der Waals surface area contributed by atoms with Gasteiger partial charge in [0.15, 0.2) is 6.10 Å². The van der Waals surface area contributed by atoms with Gasteiger partial charge in [-0.1, -0.05) is 223 Å². The van der Waals surface area contributed by atoms with Crippen LogP contribution in [0.2, 0.25) is 0 Å². The van der Waals surface area contributed by atoms with Crippen LogP contribution < -0.4 is 0 Å². The monoisotopic (exact) mass is 881 g/mol. The molecule has 6 heteroatoms. The lowest BCUT2D eigenvalue weighted by Gasteiger charge is -2.18. The summed E-state index contributed by atoms with van der Waals surface area (Å²) < 4.78 is 16.8. The van der Waals surface area contributed by atoms with Gasteiger partial charge in [-0.05, 0) is 83.5 Å². The van der Waals surface area contributed by atoms with Crippen molar-refractivity contribution in [3.05, 3.63) is 60.8 Å². The molecule has 0 aliphatic carbocycles. The van der Waals surface area contributed by atoms with E-state index in [1.54, 1.807) is 0 Å². The molecule has 0 aromatic carbocycles. The summed E-state index contributed by atoms with van der Waals surface area (Å²) in [4.78, 5) is 38.0. The van der Waals surface area contributed by atoms with Crippen LogP contribution in [-0.4, -0.2) is 37.2 Å². The average Bonchev–Trinajstić information content (AvgIpc) is 3.28. The van der Waals surface area contributed by atoms with Gasteiger partial charge in [0.1, 0.15) is 13.2 Å². The van der Waals surface area contributed by atoms with Gasteiger partial charge in [0.2, 0.25) is 0 Å². The van der Waals surface area contributed by atoms with Crippen LogP contribution in [0.15, 0.2) is 60.8 Å². The minimum absolute atomic E-state index is 0.0898. The van der Waals surface area contributed by atoms with Gasteiger partial charge in [-0.25, -0.2) is 0 Å². The zero-order valence-corrected chi connectivity index (χ0v) is 41.6. The highest BCUT2D eigenvalue weighted by molar-refractivity contribution is 5.71. The van der Waals surface area contributed by atoms with Crippen LogP contribution in [0.4, 0.5) is 0 Å². The Morgan fingerprint density at radius 2 is 0.619 bits per heavy atom. The van der Waals surface area contributed by atoms with Crippen molar-refractivity contribution in [2.75, 3.05) is 13.2 Å². The van der Waals surface area contributed by atoms with Crippen molar-refractivity contribution in [2.24, 2.45) is 0 Å². The second-order valence-corrected chi connectivity index (χ2v) is 17.8. The first-order valence-corrected chi connectivity index (χ1v) is 26.8. The molecular weight excluding hydrogens is 781 g/mol. The van der Waals surface area contributed by atoms with Gasteiger partial charge in [-0.15, -0.1) is 0 Å². The summed E-state index contributed by atoms with van der Waals surface area (Å²) in [7, 11) is 0. The fourth-order valence-corrected chi connectivity index (χ4v) is 7.49. The third-order valence-corrected chi connectivity index (χ3v) is 11.5. The first-order valence-electron chi connectivity index (χ1n) is 26.8. The molecule has 0 rings (SSSR count). The zero-order chi connectivity index (χ0) is 45.8. The molecule has 0 aromatic heterocycles. The maximum atomic E-state index is 12.8. The van der Waals surface area contributed by atoms with Crippen LogP contribution in [0.3, 0.4) is 0 Å². The number of esters is 3. The third kappa shape index (κ3) is 50.0. The van der Waals surface area contributed by atoms with E-state index >= 15 is 0 Å². The summed E-state index contributed by atoms with van der Waals surface area (Å²) in [5.74, 6) is -0.933. The molecule has 0 saturated heterocycles. The van der Waals surface area contributed by atoms with E-state index in [9.17, 15) is 14.4 Å². The first-order chi connectivity index (χ1) is 31.0. The highest BCUT2D eigenvalue weighted by Crippen LogP contribution is 2.16. The van der Waals surface area contributed by atoms with Crippen molar-refractivity contribution in [1.82, 2.24) is 0 Å². The number of hydrogen-bond donors (Lipinski definition) is 0. The minimum Gasteiger partial charge on any atom is -0.462 e. The molecule has 0 N–H and O–H groups in total. The molecule has 0 aliphatic rings. The molecule has 6 nitrogen and oxygen atoms in total. The van der Waals surface area contributed by atoms with E-state index in [2.05, 4.69) is 81.5 Å². The summed E-state index contributed by atoms with van der Waals surface area (Å²) in [6.45, 7) is 6.48. The Morgan fingerprint density at radius 1 is 0.333 bits per heavy atom. The first kappa shape index (κ1) is 60.1. The van der Waals surface area contributed by atoms with Crippen LogP contribution in [0.5, 0.6) is 0 Å². The Labute approximate surface area is 390 Å². The Morgan fingerprint density at radius 3 is 1.03 bits per heavy atom. The number of carbonyl (C=O) groups is 3. The number of ether oxygens (including phenoxy) is 3. The van der Waals surface area contributed by atoms with Crippen molar-refractivity contribution in [2.45, 2.75) is 271 Å². The van der Waals surface area contributed by atoms with Gasteiger partial charge >= 0.3 is 17.9 Å². The smallest absolute Gasteiger partial charge is 0.306 e. The van der Waals surface area contributed by atoms with Crippen molar-refractivity contribution in [1.29, 1.82) is 0 Å². The van der Waals surface area contributed by atoms with E-state index in [1.807, 2.05) is 0 Å². The standard InChI is InChI=1S/C57H100O6/c1-4-7-10-13-16-19-22-25-27-28-30-33-36-39-42-45-48-51-57(60)63-54(52-61-55(58)49-46-43-40-37-34-31-24-21-18-15-12-9-6-3)53-62-56(59)50-47-44-41-38-35-32-29-26-23-20-17-14-11-8-5-2/h8,11,17,20-21,24,26,29,35,38,54H,4-7,9-10,12-16,18-19,22-23,25,27-28,30-34,36-37,39-53H2,1-3H3/b11-8-,20-17-,24-21-,29-26-,38-35-/t54-/m0/s1. The second kappa shape index (κ2) is 51.7. The molecule has 0 bridgehead atoms. The van der Waals surface area contributed by atoms with Crippen LogP contribution in [0.1, 0.15) is 265 Å². The Kier molecular flexibility index (Phi) is 49.4. The lowest BCUT2D eigenvalue weighted by atomic mass is 10.0. The topological polar surface area (TPSA) is 78.9 Å². The SMILES string of the molecule is CC/C=C\C/C=C\C/C=C\C/C=C\CCCCC(=O)OC[C@H](COC(=O)CCCCCCC/C=C\CCCCCC)OC(=O)CCCCCCCCCCCCCCCCCCC. The minimum atomic E-state index is -0.791. The Bertz CT molecular complexity index is 1150. The van der Waals surface area contributed by atoms with Gasteiger partial charge in [-0.2, -0.15) is 0 Å². The van der Waals surface area contributed by atoms with Gasteiger partial charge < -0.3 is 14.2 Å². The van der Waals surface area contributed by atoms with Crippen molar-refractivity contribution < 1.29 is 28.6 Å². The van der Waals surface area contributed by atoms with E-state index in [1.165, 1.54) is 135 Å². The lowest BCUT2D eigenvalue weighted by molar-refractivity contribution is -0.167. The molecule has 0 spiro atoms. The van der Waals surface area contributed by atoms with Crippen molar-refractivity contribution >= 4 is 17.9 Å². The van der Waals surface area contributed by atoms with Crippen LogP contribution in [0, 0.1) is 0 Å². The number of carbonyl (C=O) groups excluding carboxylic acids is 3. The number of allylic oxidation sites excluding steroid dienone is 10. The van der Waals surface area contributed by atoms with Gasteiger partial charge in [-0.3, -0.25) is 14.4 Å². The normalized spacial score (nSPS) is 12.5. The molecule has 0 heterocycles. The molecule has 0 aliphatic heterocycles. The largest absolute Gasteiger partial charge is 0.462 e. The lowest BCUT2D eigenvalue weighted by Crippen LogP contribution is -2.30. The van der Waals surface area contributed by atoms with Crippen LogP contribution in [0.25, 0.3) is 0 Å². The number of rotatable bonds is 48. The second-order valence-electron chi connectivity index (χ2n) is 17.8. The third-order valence-electron chi connectivity index (χ3n) is 11.5. The summed E-state index contributed by atoms with van der Waals surface area (Å²) in [5, 5.41) is 0. The maximum Gasteiger partial charge on any atom is 0.306 e. The summed E-state index contributed by atoms with van der Waals surface area (Å²) in [6.07, 6.45) is 63.5. The molecule has 0 unspecified atom stereocenters. The fraction of sp³-hybridized carbons (Fsp3) is 0.772. The van der Waals surface area contributed by atoms with Gasteiger partial charge in [0.05, 0.1) is 0 Å². The Balaban J connectivity index is 4.42. The molecule has 0 aromatic rings. The zero-order valence-electron chi connectivity index (χ0n) is 41.6. The molecular formula is C57H100O6. The summed E-state index contributed by atoms with van der Waals surface area (Å²) in [5.41, 5.74) is 0. The number of hydrogen-bond acceptors (Lipinski definition) is 6. The maximum absolute atomic E-state index is 12.8. The van der Waals surface area contributed by atoms with E-state index in [4.69, 9.17) is 14.2 Å². The summed E-state index contributed by atoms with van der Waals surface area (Å²) >= 11 is 0. The van der Waals surface area contributed by atoms with E-state index in [0.717, 1.165) is 89.9 Å². The van der Waals surface area contributed by atoms with E-state index in [-0.39, 0.29) is 31.1 Å². The molecule has 0 fully saturated rings. The van der Waals surface area contributed by atoms with Crippen molar-refractivity contribution in [3.63, 3.8) is 0 Å². The fourth-order valence-electron chi connectivity index (χ4n) is 7.49. The highest BCUT2D eigenvalue weighted by Gasteiger charge is 2.19. The van der Waals surface area contributed by atoms with Crippen molar-refractivity contribution in [3.8, 4) is 0 Å². The van der Waals surface area contributed by atoms with Crippen LogP contribution >= 0.6 is 0 Å². The highest BCUT2D eigenvalue weighted by atomic mass is 16.6. The van der Waals surface area contributed by atoms with Crippen LogP contribution in [-0.2, 0) is 28.6 Å². The van der Waals surface area contributed by atoms with Gasteiger partial charge in [0, 0.05) is 19.3 Å². The molecule has 0 radical (unpaired) electrons. The molecule has 63 heavy (non-hydrogen) atoms. The molecule has 0 saturated carbocycles.